The second-order valence-electron chi connectivity index (χ2n) is 7.33. The van der Waals surface area contributed by atoms with Gasteiger partial charge in [-0.3, -0.25) is 4.79 Å². The number of thiophene rings is 1. The molecule has 3 aromatic rings. The Morgan fingerprint density at radius 2 is 1.96 bits per heavy atom. The van der Waals surface area contributed by atoms with Crippen LogP contribution in [0.2, 0.25) is 5.02 Å². The summed E-state index contributed by atoms with van der Waals surface area (Å²) in [6.45, 7) is 7.21. The number of nitrogens with zero attached hydrogens (tertiary/aromatic N) is 3. The third-order valence-electron chi connectivity index (χ3n) is 4.39. The van der Waals surface area contributed by atoms with Crippen molar-refractivity contribution in [3.05, 3.63) is 45.9 Å². The van der Waals surface area contributed by atoms with Crippen molar-refractivity contribution in [2.75, 3.05) is 20.1 Å². The minimum Gasteiger partial charge on any atom is -0.340 e. The summed E-state index contributed by atoms with van der Waals surface area (Å²) in [5.41, 5.74) is 7.50. The van der Waals surface area contributed by atoms with Gasteiger partial charge in [-0.2, -0.15) is 5.10 Å². The van der Waals surface area contributed by atoms with Crippen LogP contribution in [0.1, 0.15) is 29.2 Å². The van der Waals surface area contributed by atoms with Crippen LogP contribution in [0.15, 0.2) is 30.3 Å². The zero-order chi connectivity index (χ0) is 19.1. The molecular formula is C19H24Cl2N4OS. The predicted octanol–water partition coefficient (Wildman–Crippen LogP) is 4.53. The van der Waals surface area contributed by atoms with Crippen molar-refractivity contribution < 1.29 is 4.79 Å². The van der Waals surface area contributed by atoms with Gasteiger partial charge >= 0.3 is 0 Å². The zero-order valence-electron chi connectivity index (χ0n) is 15.8. The molecule has 2 aromatic heterocycles. The van der Waals surface area contributed by atoms with Gasteiger partial charge in [-0.15, -0.1) is 23.7 Å². The van der Waals surface area contributed by atoms with Gasteiger partial charge in [0.15, 0.2) is 0 Å². The first-order valence-electron chi connectivity index (χ1n) is 8.42. The Hall–Kier alpha value is -1.60. The van der Waals surface area contributed by atoms with Crippen LogP contribution in [0.3, 0.4) is 0 Å². The lowest BCUT2D eigenvalue weighted by Gasteiger charge is -2.28. The SMILES string of the molecule is Cc1nn(-c2ccc(Cl)cc2)c2sc(C(=O)N(C)CC(C)(C)CN)cc12.Cl. The number of benzene rings is 1. The summed E-state index contributed by atoms with van der Waals surface area (Å²) in [6.07, 6.45) is 0. The van der Waals surface area contributed by atoms with E-state index in [0.717, 1.165) is 21.6 Å². The standard InChI is InChI=1S/C19H23ClN4OS.ClH/c1-12-15-9-16(17(25)23(4)11-19(2,3)10-21)26-18(15)24(22-12)14-7-5-13(20)6-8-14;/h5-9H,10-11,21H2,1-4H3;1H. The smallest absolute Gasteiger partial charge is 0.263 e. The number of aromatic nitrogens is 2. The first kappa shape index (κ1) is 21.7. The maximum absolute atomic E-state index is 12.9. The lowest BCUT2D eigenvalue weighted by atomic mass is 9.93. The van der Waals surface area contributed by atoms with Gasteiger partial charge in [0, 0.05) is 24.0 Å². The third kappa shape index (κ3) is 4.46. The van der Waals surface area contributed by atoms with Crippen molar-refractivity contribution in [2.24, 2.45) is 11.1 Å². The van der Waals surface area contributed by atoms with Gasteiger partial charge < -0.3 is 10.6 Å². The second-order valence-corrected chi connectivity index (χ2v) is 8.80. The van der Waals surface area contributed by atoms with Crippen LogP contribution in [0.4, 0.5) is 0 Å². The van der Waals surface area contributed by atoms with E-state index in [0.29, 0.717) is 23.0 Å². The maximum atomic E-state index is 12.9. The molecule has 8 heteroatoms. The topological polar surface area (TPSA) is 64.2 Å². The van der Waals surface area contributed by atoms with Crippen molar-refractivity contribution in [1.29, 1.82) is 0 Å². The van der Waals surface area contributed by atoms with Crippen LogP contribution in [-0.4, -0.2) is 40.7 Å². The summed E-state index contributed by atoms with van der Waals surface area (Å²) in [4.78, 5) is 16.3. The molecule has 27 heavy (non-hydrogen) atoms. The molecule has 1 aromatic carbocycles. The summed E-state index contributed by atoms with van der Waals surface area (Å²) in [5.74, 6) is 0.00906. The number of hydrogen-bond acceptors (Lipinski definition) is 4. The molecule has 0 unspecified atom stereocenters. The summed E-state index contributed by atoms with van der Waals surface area (Å²) >= 11 is 7.44. The molecule has 0 saturated heterocycles. The highest BCUT2D eigenvalue weighted by molar-refractivity contribution is 7.20. The van der Waals surface area contributed by atoms with Gasteiger partial charge in [0.2, 0.25) is 0 Å². The monoisotopic (exact) mass is 426 g/mol. The van der Waals surface area contributed by atoms with Crippen LogP contribution in [0.5, 0.6) is 0 Å². The first-order chi connectivity index (χ1) is 12.2. The highest BCUT2D eigenvalue weighted by Crippen LogP contribution is 2.31. The molecule has 3 rings (SSSR count). The molecule has 0 fully saturated rings. The second kappa shape index (κ2) is 8.19. The van der Waals surface area contributed by atoms with Gasteiger partial charge in [0.05, 0.1) is 16.3 Å². The number of nitrogens with two attached hydrogens (primary N) is 1. The molecule has 0 bridgehead atoms. The van der Waals surface area contributed by atoms with Crippen molar-refractivity contribution in [3.8, 4) is 5.69 Å². The van der Waals surface area contributed by atoms with E-state index in [9.17, 15) is 4.79 Å². The average Bonchev–Trinajstić information content (AvgIpc) is 3.15. The van der Waals surface area contributed by atoms with Gasteiger partial charge in [-0.25, -0.2) is 4.68 Å². The van der Waals surface area contributed by atoms with E-state index in [2.05, 4.69) is 18.9 Å². The quantitative estimate of drug-likeness (QED) is 0.651. The minimum atomic E-state index is -0.114. The number of halogens is 2. The van der Waals surface area contributed by atoms with Crippen molar-refractivity contribution in [3.63, 3.8) is 0 Å². The molecule has 0 aliphatic carbocycles. The largest absolute Gasteiger partial charge is 0.340 e. The average molecular weight is 427 g/mol. The lowest BCUT2D eigenvalue weighted by Crippen LogP contribution is -2.39. The van der Waals surface area contributed by atoms with Crippen LogP contribution < -0.4 is 5.73 Å². The Morgan fingerprint density at radius 1 is 1.33 bits per heavy atom. The van der Waals surface area contributed by atoms with Crippen LogP contribution in [0.25, 0.3) is 15.9 Å². The van der Waals surface area contributed by atoms with E-state index >= 15 is 0 Å². The highest BCUT2D eigenvalue weighted by atomic mass is 35.5. The van der Waals surface area contributed by atoms with Gasteiger partial charge in [-0.1, -0.05) is 25.4 Å². The number of rotatable bonds is 5. The fourth-order valence-corrected chi connectivity index (χ4v) is 4.18. The van der Waals surface area contributed by atoms with E-state index in [1.807, 2.05) is 49.0 Å². The molecule has 0 aliphatic heterocycles. The highest BCUT2D eigenvalue weighted by Gasteiger charge is 2.24. The maximum Gasteiger partial charge on any atom is 0.263 e. The number of amides is 1. The number of hydrogen-bond donors (Lipinski definition) is 1. The summed E-state index contributed by atoms with van der Waals surface area (Å²) < 4.78 is 1.87. The molecule has 2 heterocycles. The molecule has 2 N–H and O–H groups in total. The van der Waals surface area contributed by atoms with Crippen LogP contribution in [-0.2, 0) is 0 Å². The van der Waals surface area contributed by atoms with Crippen LogP contribution in [0, 0.1) is 12.3 Å². The van der Waals surface area contributed by atoms with Crippen molar-refractivity contribution in [1.82, 2.24) is 14.7 Å². The first-order valence-corrected chi connectivity index (χ1v) is 9.62. The molecular weight excluding hydrogens is 403 g/mol. The summed E-state index contributed by atoms with van der Waals surface area (Å²) in [6, 6.07) is 9.45. The van der Waals surface area contributed by atoms with Crippen molar-refractivity contribution >= 4 is 51.5 Å². The van der Waals surface area contributed by atoms with Gasteiger partial charge in [0.25, 0.3) is 5.91 Å². The molecule has 0 aliphatic rings. The molecule has 146 valence electrons. The fourth-order valence-electron chi connectivity index (χ4n) is 2.88. The Labute approximate surface area is 174 Å². The van der Waals surface area contributed by atoms with Crippen molar-refractivity contribution in [2.45, 2.75) is 20.8 Å². The zero-order valence-corrected chi connectivity index (χ0v) is 18.2. The lowest BCUT2D eigenvalue weighted by molar-refractivity contribution is 0.0745. The van der Waals surface area contributed by atoms with Gasteiger partial charge in [0.1, 0.15) is 4.83 Å². The number of fused-ring (bicyclic) bond motifs is 1. The fraction of sp³-hybridized carbons (Fsp3) is 0.368. The number of aryl methyl sites for hydroxylation is 1. The molecule has 0 radical (unpaired) electrons. The predicted molar refractivity (Wildman–Crippen MR) is 116 cm³/mol. The van der Waals surface area contributed by atoms with E-state index < -0.39 is 0 Å². The Bertz CT molecular complexity index is 947. The van der Waals surface area contributed by atoms with E-state index in [4.69, 9.17) is 17.3 Å². The van der Waals surface area contributed by atoms with Crippen LogP contribution >= 0.6 is 35.3 Å². The van der Waals surface area contributed by atoms with E-state index in [1.165, 1.54) is 11.3 Å². The molecule has 0 atom stereocenters. The third-order valence-corrected chi connectivity index (χ3v) is 5.74. The Morgan fingerprint density at radius 3 is 2.56 bits per heavy atom. The number of carbonyl (C=O) groups is 1. The summed E-state index contributed by atoms with van der Waals surface area (Å²) in [5, 5.41) is 6.29. The Balaban J connectivity index is 0.00000261. The molecule has 1 amide bonds. The number of carbonyl (C=O) groups excluding carboxylic acids is 1. The normalized spacial score (nSPS) is 11.5. The van der Waals surface area contributed by atoms with E-state index in [1.54, 1.807) is 4.90 Å². The minimum absolute atomic E-state index is 0. The molecule has 0 saturated carbocycles. The molecule has 5 nitrogen and oxygen atoms in total. The van der Waals surface area contributed by atoms with Gasteiger partial charge in [-0.05, 0) is 49.2 Å². The Kier molecular flexibility index (Phi) is 6.58. The summed E-state index contributed by atoms with van der Waals surface area (Å²) in [7, 11) is 1.82. The van der Waals surface area contributed by atoms with E-state index in [-0.39, 0.29) is 23.7 Å². The molecule has 0 spiro atoms.